The molecule has 0 unspecified atom stereocenters. The first-order chi connectivity index (χ1) is 10.7. The molecule has 0 spiro atoms. The van der Waals surface area contributed by atoms with E-state index in [-0.39, 0.29) is 12.3 Å². The van der Waals surface area contributed by atoms with Crippen LogP contribution < -0.4 is 5.32 Å². The van der Waals surface area contributed by atoms with E-state index in [4.69, 9.17) is 16.1 Å². The van der Waals surface area contributed by atoms with E-state index in [2.05, 4.69) is 25.7 Å². The van der Waals surface area contributed by atoms with Crippen molar-refractivity contribution in [3.05, 3.63) is 40.7 Å². The quantitative estimate of drug-likeness (QED) is 0.770. The molecule has 1 aromatic carbocycles. The van der Waals surface area contributed by atoms with Crippen LogP contribution in [0.15, 0.2) is 34.3 Å². The van der Waals surface area contributed by atoms with Gasteiger partial charge in [0.25, 0.3) is 0 Å². The van der Waals surface area contributed by atoms with E-state index in [9.17, 15) is 4.79 Å². The maximum atomic E-state index is 11.7. The molecule has 0 atom stereocenters. The van der Waals surface area contributed by atoms with Gasteiger partial charge in [0.2, 0.25) is 22.8 Å². The van der Waals surface area contributed by atoms with Gasteiger partial charge in [-0.1, -0.05) is 28.1 Å². The topological polar surface area (TPSA) is 93.8 Å². The number of anilines is 1. The summed E-state index contributed by atoms with van der Waals surface area (Å²) in [4.78, 5) is 16.0. The lowest BCUT2D eigenvalue weighted by atomic mass is 10.2. The summed E-state index contributed by atoms with van der Waals surface area (Å²) in [5.74, 6) is 0.691. The van der Waals surface area contributed by atoms with Gasteiger partial charge in [0.15, 0.2) is 0 Å². The Morgan fingerprint density at radius 2 is 2.14 bits per heavy atom. The molecule has 0 saturated heterocycles. The van der Waals surface area contributed by atoms with Crippen LogP contribution in [0.25, 0.3) is 11.4 Å². The summed E-state index contributed by atoms with van der Waals surface area (Å²) in [6.45, 7) is 0. The van der Waals surface area contributed by atoms with Crippen molar-refractivity contribution in [2.24, 2.45) is 0 Å². The summed E-state index contributed by atoms with van der Waals surface area (Å²) in [7, 11) is 0. The minimum absolute atomic E-state index is 0.178. The average molecular weight is 336 g/mol. The predicted molar refractivity (Wildman–Crippen MR) is 81.6 cm³/mol. The number of nitrogens with one attached hydrogen (secondary N) is 1. The van der Waals surface area contributed by atoms with Crippen LogP contribution in [0, 0.1) is 0 Å². The van der Waals surface area contributed by atoms with E-state index in [0.717, 1.165) is 5.56 Å². The van der Waals surface area contributed by atoms with Crippen molar-refractivity contribution in [3.63, 3.8) is 0 Å². The molecule has 3 rings (SSSR count). The number of carbonyl (C=O) groups excluding carboxylic acids is 1. The van der Waals surface area contributed by atoms with E-state index in [1.807, 2.05) is 0 Å². The molecule has 22 heavy (non-hydrogen) atoms. The van der Waals surface area contributed by atoms with Crippen LogP contribution in [-0.4, -0.2) is 26.2 Å². The van der Waals surface area contributed by atoms with Gasteiger partial charge in [0.1, 0.15) is 5.51 Å². The molecule has 112 valence electrons. The molecule has 2 aromatic heterocycles. The highest BCUT2D eigenvalue weighted by Gasteiger charge is 2.11. The molecule has 2 heterocycles. The number of aromatic nitrogens is 4. The Balaban J connectivity index is 1.57. The Bertz CT molecular complexity index is 757. The van der Waals surface area contributed by atoms with Gasteiger partial charge in [-0.3, -0.25) is 4.79 Å². The lowest BCUT2D eigenvalue weighted by molar-refractivity contribution is -0.116. The molecule has 9 heteroatoms. The van der Waals surface area contributed by atoms with Gasteiger partial charge in [-0.05, 0) is 24.3 Å². The fourth-order valence-corrected chi connectivity index (χ4v) is 2.29. The molecule has 0 radical (unpaired) electrons. The first kappa shape index (κ1) is 14.6. The van der Waals surface area contributed by atoms with Gasteiger partial charge >= 0.3 is 0 Å². The predicted octanol–water partition coefficient (Wildman–Crippen LogP) is 2.81. The highest BCUT2D eigenvalue weighted by Crippen LogP contribution is 2.19. The SMILES string of the molecule is O=C(CCc1nc(-c2ccc(Cl)cc2)no1)Nc1nncs1. The maximum absolute atomic E-state index is 11.7. The number of amides is 1. The van der Waals surface area contributed by atoms with Crippen molar-refractivity contribution < 1.29 is 9.32 Å². The summed E-state index contributed by atoms with van der Waals surface area (Å²) in [6.07, 6.45) is 0.576. The van der Waals surface area contributed by atoms with E-state index in [1.54, 1.807) is 29.8 Å². The molecule has 0 fully saturated rings. The minimum atomic E-state index is -0.178. The molecule has 0 aliphatic carbocycles. The summed E-state index contributed by atoms with van der Waals surface area (Å²) in [5, 5.41) is 15.0. The van der Waals surface area contributed by atoms with Crippen LogP contribution in [0.2, 0.25) is 5.02 Å². The van der Waals surface area contributed by atoms with Crippen molar-refractivity contribution in [1.29, 1.82) is 0 Å². The fraction of sp³-hybridized carbons (Fsp3) is 0.154. The zero-order valence-corrected chi connectivity index (χ0v) is 12.8. The van der Waals surface area contributed by atoms with Crippen LogP contribution in [-0.2, 0) is 11.2 Å². The lowest BCUT2D eigenvalue weighted by Gasteiger charge is -1.97. The van der Waals surface area contributed by atoms with Crippen molar-refractivity contribution in [3.8, 4) is 11.4 Å². The first-order valence-electron chi connectivity index (χ1n) is 6.35. The Morgan fingerprint density at radius 1 is 1.32 bits per heavy atom. The van der Waals surface area contributed by atoms with E-state index < -0.39 is 0 Å². The number of benzene rings is 1. The molecular weight excluding hydrogens is 326 g/mol. The lowest BCUT2D eigenvalue weighted by Crippen LogP contribution is -2.12. The highest BCUT2D eigenvalue weighted by atomic mass is 35.5. The van der Waals surface area contributed by atoms with Gasteiger partial charge in [-0.15, -0.1) is 10.2 Å². The number of hydrogen-bond acceptors (Lipinski definition) is 7. The number of rotatable bonds is 5. The second-order valence-corrected chi connectivity index (χ2v) is 5.58. The third-order valence-corrected chi connectivity index (χ3v) is 3.60. The Kier molecular flexibility index (Phi) is 4.40. The zero-order chi connectivity index (χ0) is 15.4. The second-order valence-electron chi connectivity index (χ2n) is 4.31. The van der Waals surface area contributed by atoms with Gasteiger partial charge in [0, 0.05) is 23.4 Å². The molecule has 1 N–H and O–H groups in total. The molecule has 1 amide bonds. The molecule has 0 aliphatic rings. The summed E-state index contributed by atoms with van der Waals surface area (Å²) < 4.78 is 5.14. The van der Waals surface area contributed by atoms with Crippen LogP contribution in [0.5, 0.6) is 0 Å². The number of aryl methyl sites for hydroxylation is 1. The monoisotopic (exact) mass is 335 g/mol. The normalized spacial score (nSPS) is 10.6. The number of nitrogens with zero attached hydrogens (tertiary/aromatic N) is 4. The Morgan fingerprint density at radius 3 is 2.86 bits per heavy atom. The summed E-state index contributed by atoms with van der Waals surface area (Å²) in [6, 6.07) is 7.11. The van der Waals surface area contributed by atoms with E-state index in [1.165, 1.54) is 11.3 Å². The van der Waals surface area contributed by atoms with Crippen LogP contribution in [0.4, 0.5) is 5.13 Å². The summed E-state index contributed by atoms with van der Waals surface area (Å²) >= 11 is 7.09. The van der Waals surface area contributed by atoms with Gasteiger partial charge in [-0.2, -0.15) is 4.98 Å². The standard InChI is InChI=1S/C13H10ClN5O2S/c14-9-3-1-8(2-4-9)12-17-11(21-19-12)6-5-10(20)16-13-18-15-7-22-13/h1-4,7H,5-6H2,(H,16,18,20). The van der Waals surface area contributed by atoms with Crippen molar-refractivity contribution in [1.82, 2.24) is 20.3 Å². The van der Waals surface area contributed by atoms with Gasteiger partial charge < -0.3 is 9.84 Å². The van der Waals surface area contributed by atoms with Gasteiger partial charge in [-0.25, -0.2) is 0 Å². The molecule has 0 bridgehead atoms. The molecule has 0 aliphatic heterocycles. The van der Waals surface area contributed by atoms with Gasteiger partial charge in [0.05, 0.1) is 0 Å². The average Bonchev–Trinajstić information content (AvgIpc) is 3.17. The van der Waals surface area contributed by atoms with Crippen molar-refractivity contribution in [2.45, 2.75) is 12.8 Å². The number of carbonyl (C=O) groups is 1. The van der Waals surface area contributed by atoms with Crippen LogP contribution in [0.3, 0.4) is 0 Å². The number of halogens is 1. The second kappa shape index (κ2) is 6.63. The van der Waals surface area contributed by atoms with E-state index in [0.29, 0.717) is 28.3 Å². The van der Waals surface area contributed by atoms with Crippen LogP contribution in [0.1, 0.15) is 12.3 Å². The van der Waals surface area contributed by atoms with Crippen molar-refractivity contribution in [2.75, 3.05) is 5.32 Å². The molecule has 0 saturated carbocycles. The molecule has 3 aromatic rings. The largest absolute Gasteiger partial charge is 0.339 e. The summed E-state index contributed by atoms with van der Waals surface area (Å²) in [5.41, 5.74) is 2.35. The molecule has 7 nitrogen and oxygen atoms in total. The highest BCUT2D eigenvalue weighted by molar-refractivity contribution is 7.13. The Labute approximate surface area is 134 Å². The first-order valence-corrected chi connectivity index (χ1v) is 7.61. The smallest absolute Gasteiger partial charge is 0.227 e. The third kappa shape index (κ3) is 3.66. The molecular formula is C13H10ClN5O2S. The van der Waals surface area contributed by atoms with Crippen molar-refractivity contribution >= 4 is 34.0 Å². The Hall–Kier alpha value is -2.32. The third-order valence-electron chi connectivity index (χ3n) is 2.74. The zero-order valence-electron chi connectivity index (χ0n) is 11.2. The van der Waals surface area contributed by atoms with E-state index >= 15 is 0 Å². The fourth-order valence-electron chi connectivity index (χ4n) is 1.70. The van der Waals surface area contributed by atoms with Crippen LogP contribution >= 0.6 is 22.9 Å². The maximum Gasteiger partial charge on any atom is 0.227 e. The minimum Gasteiger partial charge on any atom is -0.339 e. The number of hydrogen-bond donors (Lipinski definition) is 1.